The van der Waals surface area contributed by atoms with Crippen LogP contribution < -0.4 is 0 Å². The molecule has 5 saturated carbocycles. The van der Waals surface area contributed by atoms with Crippen molar-refractivity contribution in [3.63, 3.8) is 0 Å². The summed E-state index contributed by atoms with van der Waals surface area (Å²) < 4.78 is 0.467. The van der Waals surface area contributed by atoms with Crippen molar-refractivity contribution in [2.45, 2.75) is 9.70 Å². The molecule has 5 fully saturated rings. The zero-order chi connectivity index (χ0) is 5.96. The van der Waals surface area contributed by atoms with Crippen LogP contribution in [0.15, 0.2) is 0 Å². The summed E-state index contributed by atoms with van der Waals surface area (Å²) >= 11 is 9.99. The normalized spacial score (nSPS) is 94.0. The van der Waals surface area contributed by atoms with Gasteiger partial charge in [0.1, 0.15) is 0 Å². The zero-order valence-corrected chi connectivity index (χ0v) is 7.06. The average Bonchev–Trinajstić information content (AvgIpc) is 2.38. The van der Waals surface area contributed by atoms with Crippen molar-refractivity contribution in [1.82, 2.24) is 0 Å². The molecule has 5 rings (SSSR count). The van der Waals surface area contributed by atoms with E-state index in [4.69, 9.17) is 11.6 Å². The van der Waals surface area contributed by atoms with Crippen LogP contribution in [-0.2, 0) is 0 Å². The second-order valence-corrected chi connectivity index (χ2v) is 5.86. The molecule has 0 aromatic heterocycles. The molecule has 5 atom stereocenters. The van der Waals surface area contributed by atoms with Gasteiger partial charge in [-0.3, -0.25) is 0 Å². The van der Waals surface area contributed by atoms with Gasteiger partial charge in [0.2, 0.25) is 0 Å². The molecule has 0 nitrogen and oxygen atoms in total. The molecule has 0 aromatic carbocycles. The van der Waals surface area contributed by atoms with E-state index in [0.29, 0.717) is 9.70 Å². The topological polar surface area (TPSA) is 0 Å². The largest absolute Gasteiger partial charge is 0.121 e. The first-order valence-corrected chi connectivity index (χ1v) is 4.84. The molecule has 0 saturated heterocycles. The van der Waals surface area contributed by atoms with Crippen LogP contribution in [0.5, 0.6) is 0 Å². The van der Waals surface area contributed by atoms with Gasteiger partial charge in [0, 0.05) is 4.32 Å². The maximum atomic E-state index is 6.21. The molecule has 2 bridgehead atoms. The lowest BCUT2D eigenvalue weighted by atomic mass is 10.0. The monoisotopic (exact) mass is 204 g/mol. The Morgan fingerprint density at radius 2 is 1.67 bits per heavy atom. The van der Waals surface area contributed by atoms with E-state index in [1.165, 1.54) is 0 Å². The van der Waals surface area contributed by atoms with Crippen molar-refractivity contribution in [2.75, 3.05) is 0 Å². The SMILES string of the molecule is ClC1C2C3C2C2C3C12Br. The second-order valence-electron chi connectivity index (χ2n) is 4.01. The highest BCUT2D eigenvalue weighted by atomic mass is 79.9. The molecular weight excluding hydrogens is 199 g/mol. The summed E-state index contributed by atoms with van der Waals surface area (Å²) in [6, 6.07) is 0. The van der Waals surface area contributed by atoms with E-state index in [9.17, 15) is 0 Å². The van der Waals surface area contributed by atoms with E-state index in [1.54, 1.807) is 0 Å². The molecule has 2 heteroatoms. The lowest BCUT2D eigenvalue weighted by molar-refractivity contribution is 0.434. The summed E-state index contributed by atoms with van der Waals surface area (Å²) in [5, 5.41) is 0.502. The quantitative estimate of drug-likeness (QED) is 0.530. The maximum absolute atomic E-state index is 6.21. The smallest absolute Gasteiger partial charge is 0.0529 e. The first kappa shape index (κ1) is 4.61. The third-order valence-corrected chi connectivity index (χ3v) is 6.55. The van der Waals surface area contributed by atoms with Crippen LogP contribution >= 0.6 is 27.5 Å². The molecule has 0 N–H and O–H groups in total. The minimum absolute atomic E-state index is 0.467. The molecule has 0 amide bonds. The molecule has 0 heterocycles. The van der Waals surface area contributed by atoms with Crippen molar-refractivity contribution in [2.24, 2.45) is 29.6 Å². The Morgan fingerprint density at radius 1 is 1.11 bits per heavy atom. The average molecular weight is 205 g/mol. The van der Waals surface area contributed by atoms with Gasteiger partial charge in [-0.25, -0.2) is 0 Å². The summed E-state index contributed by atoms with van der Waals surface area (Å²) in [4.78, 5) is 0. The number of rotatable bonds is 0. The molecule has 5 aliphatic rings. The highest BCUT2D eigenvalue weighted by Gasteiger charge is 2.98. The Bertz CT molecular complexity index is 207. The number of hydrogen-bond acceptors (Lipinski definition) is 0. The molecule has 0 aromatic rings. The van der Waals surface area contributed by atoms with E-state index in [1.807, 2.05) is 0 Å². The zero-order valence-electron chi connectivity index (χ0n) is 4.72. The second kappa shape index (κ2) is 0.863. The van der Waals surface area contributed by atoms with Crippen LogP contribution in [0.2, 0.25) is 0 Å². The van der Waals surface area contributed by atoms with Gasteiger partial charge in [-0.2, -0.15) is 0 Å². The van der Waals surface area contributed by atoms with Crippen LogP contribution in [0.3, 0.4) is 0 Å². The predicted octanol–water partition coefficient (Wildman–Crippen LogP) is 1.86. The lowest BCUT2D eigenvalue weighted by Gasteiger charge is -2.05. The highest BCUT2D eigenvalue weighted by molar-refractivity contribution is 9.10. The minimum atomic E-state index is 0.467. The summed E-state index contributed by atoms with van der Waals surface area (Å²) in [6.07, 6.45) is 0. The molecule has 48 valence electrons. The Balaban J connectivity index is 2.04. The van der Waals surface area contributed by atoms with Gasteiger partial charge in [0.15, 0.2) is 0 Å². The Morgan fingerprint density at radius 3 is 1.78 bits per heavy atom. The van der Waals surface area contributed by atoms with Gasteiger partial charge in [-0.15, -0.1) is 11.6 Å². The van der Waals surface area contributed by atoms with Gasteiger partial charge in [-0.05, 0) is 29.6 Å². The summed E-state index contributed by atoms with van der Waals surface area (Å²) in [5.74, 6) is 5.15. The number of halogens is 2. The lowest BCUT2D eigenvalue weighted by Crippen LogP contribution is -2.12. The van der Waals surface area contributed by atoms with Crippen LogP contribution in [-0.4, -0.2) is 9.70 Å². The molecule has 0 radical (unpaired) electrons. The van der Waals surface area contributed by atoms with Crippen molar-refractivity contribution in [1.29, 1.82) is 0 Å². The molecule has 0 spiro atoms. The fraction of sp³-hybridized carbons (Fsp3) is 1.00. The van der Waals surface area contributed by atoms with Gasteiger partial charge in [0.05, 0.1) is 5.38 Å². The van der Waals surface area contributed by atoms with E-state index < -0.39 is 0 Å². The van der Waals surface area contributed by atoms with Crippen LogP contribution in [0.1, 0.15) is 0 Å². The third-order valence-electron chi connectivity index (χ3n) is 4.08. The highest BCUT2D eigenvalue weighted by Crippen LogP contribution is 2.96. The minimum Gasteiger partial charge on any atom is -0.121 e. The van der Waals surface area contributed by atoms with Gasteiger partial charge >= 0.3 is 0 Å². The molecule has 5 aliphatic carbocycles. The van der Waals surface area contributed by atoms with Crippen LogP contribution in [0.4, 0.5) is 0 Å². The fourth-order valence-corrected chi connectivity index (χ4v) is 5.73. The first-order valence-electron chi connectivity index (χ1n) is 3.61. The van der Waals surface area contributed by atoms with E-state index in [2.05, 4.69) is 15.9 Å². The number of hydrogen-bond donors (Lipinski definition) is 0. The van der Waals surface area contributed by atoms with Gasteiger partial charge in [-0.1, -0.05) is 15.9 Å². The summed E-state index contributed by atoms with van der Waals surface area (Å²) in [6.45, 7) is 0. The first-order chi connectivity index (χ1) is 4.28. The Labute approximate surface area is 67.1 Å². The van der Waals surface area contributed by atoms with Gasteiger partial charge in [0.25, 0.3) is 0 Å². The predicted molar refractivity (Wildman–Crippen MR) is 38.7 cm³/mol. The fourth-order valence-electron chi connectivity index (χ4n) is 3.75. The standard InChI is InChI=1S/C7H6BrCl/c8-7-4-1-2(5(4)7)3(1)6(7)9/h1-6H. The Kier molecular flexibility index (Phi) is 0.442. The summed E-state index contributed by atoms with van der Waals surface area (Å²) in [7, 11) is 0. The Hall–Kier alpha value is 0.770. The van der Waals surface area contributed by atoms with E-state index in [0.717, 1.165) is 29.6 Å². The third kappa shape index (κ3) is 0.220. The summed E-state index contributed by atoms with van der Waals surface area (Å²) in [5.41, 5.74) is 0. The maximum Gasteiger partial charge on any atom is 0.0529 e. The molecule has 0 aliphatic heterocycles. The number of alkyl halides is 2. The van der Waals surface area contributed by atoms with Gasteiger partial charge < -0.3 is 0 Å². The van der Waals surface area contributed by atoms with Crippen molar-refractivity contribution in [3.05, 3.63) is 0 Å². The van der Waals surface area contributed by atoms with Crippen LogP contribution in [0.25, 0.3) is 0 Å². The van der Waals surface area contributed by atoms with Crippen molar-refractivity contribution in [3.8, 4) is 0 Å². The van der Waals surface area contributed by atoms with E-state index >= 15 is 0 Å². The molecule has 5 unspecified atom stereocenters. The molecule has 9 heavy (non-hydrogen) atoms. The van der Waals surface area contributed by atoms with Crippen molar-refractivity contribution >= 4 is 27.5 Å². The molecular formula is C7H6BrCl. The van der Waals surface area contributed by atoms with E-state index in [-0.39, 0.29) is 0 Å². The van der Waals surface area contributed by atoms with Crippen LogP contribution in [0, 0.1) is 29.6 Å². The van der Waals surface area contributed by atoms with Crippen molar-refractivity contribution < 1.29 is 0 Å².